The molecule has 0 bridgehead atoms. The van der Waals surface area contributed by atoms with Crippen LogP contribution in [-0.2, 0) is 14.6 Å². The van der Waals surface area contributed by atoms with Gasteiger partial charge in [-0.05, 0) is 12.1 Å². The van der Waals surface area contributed by atoms with Crippen molar-refractivity contribution < 1.29 is 28.2 Å². The molecule has 0 spiro atoms. The lowest BCUT2D eigenvalue weighted by Gasteiger charge is -2.28. The molecule has 1 fully saturated rings. The number of ether oxygens (including phenoxy) is 1. The predicted molar refractivity (Wildman–Crippen MR) is 82.3 cm³/mol. The fraction of sp³-hybridized carbons (Fsp3) is 0.500. The van der Waals surface area contributed by atoms with Gasteiger partial charge >= 0.3 is 0 Å². The van der Waals surface area contributed by atoms with Crippen LogP contribution in [-0.4, -0.2) is 67.1 Å². The molecule has 0 aromatic heterocycles. The second-order valence-corrected chi connectivity index (χ2v) is 7.87. The summed E-state index contributed by atoms with van der Waals surface area (Å²) >= 11 is 0. The van der Waals surface area contributed by atoms with E-state index in [2.05, 4.69) is 5.32 Å². The molecule has 5 N–H and O–H groups in total. The van der Waals surface area contributed by atoms with E-state index in [0.29, 0.717) is 5.56 Å². The topological polar surface area (TPSA) is 139 Å². The van der Waals surface area contributed by atoms with E-state index < -0.39 is 38.9 Å². The van der Waals surface area contributed by atoms with Gasteiger partial charge in [0.15, 0.2) is 9.84 Å². The number of sulfone groups is 1. The Hall–Kier alpha value is -1.52. The molecular formula is C14H20N2O6S. The third-order valence-corrected chi connectivity index (χ3v) is 5.05. The Kier molecular flexibility index (Phi) is 5.07. The summed E-state index contributed by atoms with van der Waals surface area (Å²) in [4.78, 5) is 12.0. The molecule has 1 aliphatic heterocycles. The SMILES string of the molecule is CS(=O)(=O)C(N)[C@@H]1OC[C@@](O)(CNC(=O)c2ccccc2)[C@@H]1O. The van der Waals surface area contributed by atoms with Gasteiger partial charge in [0, 0.05) is 11.8 Å². The van der Waals surface area contributed by atoms with Crippen molar-refractivity contribution in [3.63, 3.8) is 0 Å². The van der Waals surface area contributed by atoms with Crippen LogP contribution >= 0.6 is 0 Å². The molecule has 23 heavy (non-hydrogen) atoms. The number of aliphatic hydroxyl groups excluding tert-OH is 1. The van der Waals surface area contributed by atoms with Gasteiger partial charge in [-0.15, -0.1) is 0 Å². The summed E-state index contributed by atoms with van der Waals surface area (Å²) in [6, 6.07) is 8.35. The average molecular weight is 344 g/mol. The molecule has 0 aliphatic carbocycles. The zero-order valence-corrected chi connectivity index (χ0v) is 13.4. The van der Waals surface area contributed by atoms with Crippen LogP contribution in [0.15, 0.2) is 30.3 Å². The van der Waals surface area contributed by atoms with Crippen LogP contribution in [0.4, 0.5) is 0 Å². The highest BCUT2D eigenvalue weighted by Crippen LogP contribution is 2.27. The van der Waals surface area contributed by atoms with Crippen LogP contribution in [0.25, 0.3) is 0 Å². The molecule has 2 rings (SSSR count). The number of rotatable bonds is 5. The molecule has 8 nitrogen and oxygen atoms in total. The minimum Gasteiger partial charge on any atom is -0.387 e. The summed E-state index contributed by atoms with van der Waals surface area (Å²) < 4.78 is 28.1. The van der Waals surface area contributed by atoms with E-state index in [-0.39, 0.29) is 13.2 Å². The van der Waals surface area contributed by atoms with Crippen LogP contribution < -0.4 is 11.1 Å². The number of nitrogens with two attached hydrogens (primary N) is 1. The monoisotopic (exact) mass is 344 g/mol. The molecule has 1 saturated heterocycles. The summed E-state index contributed by atoms with van der Waals surface area (Å²) in [5.41, 5.74) is 4.13. The van der Waals surface area contributed by atoms with Crippen LogP contribution in [0.1, 0.15) is 10.4 Å². The Labute approximate surface area is 134 Å². The first-order valence-corrected chi connectivity index (χ1v) is 8.90. The lowest BCUT2D eigenvalue weighted by molar-refractivity contribution is -0.0469. The summed E-state index contributed by atoms with van der Waals surface area (Å²) in [6.45, 7) is -0.633. The van der Waals surface area contributed by atoms with Gasteiger partial charge in [0.2, 0.25) is 0 Å². The van der Waals surface area contributed by atoms with E-state index in [4.69, 9.17) is 10.5 Å². The third-order valence-electron chi connectivity index (χ3n) is 3.80. The highest BCUT2D eigenvalue weighted by Gasteiger charge is 2.52. The quantitative estimate of drug-likeness (QED) is 0.496. The largest absolute Gasteiger partial charge is 0.387 e. The normalized spacial score (nSPS) is 29.2. The standard InChI is InChI=1S/C14H20N2O6S/c1-23(20,21)12(15)10-11(17)14(19,8-22-10)7-16-13(18)9-5-3-2-4-6-9/h2-6,10-12,17,19H,7-8,15H2,1H3,(H,16,18)/t10-,11-,12?,14+/m1/s1. The van der Waals surface area contributed by atoms with Gasteiger partial charge in [0.25, 0.3) is 5.91 Å². The van der Waals surface area contributed by atoms with Crippen LogP contribution in [0.3, 0.4) is 0 Å². The number of nitrogens with one attached hydrogen (secondary N) is 1. The van der Waals surface area contributed by atoms with E-state index in [1.165, 1.54) is 0 Å². The van der Waals surface area contributed by atoms with E-state index in [1.54, 1.807) is 30.3 Å². The Morgan fingerprint density at radius 1 is 1.48 bits per heavy atom. The van der Waals surface area contributed by atoms with Gasteiger partial charge in [-0.25, -0.2) is 8.42 Å². The van der Waals surface area contributed by atoms with Crippen molar-refractivity contribution in [2.45, 2.75) is 23.2 Å². The Morgan fingerprint density at radius 2 is 2.09 bits per heavy atom. The number of amides is 1. The molecule has 1 aliphatic rings. The lowest BCUT2D eigenvalue weighted by Crippen LogP contribution is -2.56. The van der Waals surface area contributed by atoms with Gasteiger partial charge in [0.1, 0.15) is 23.2 Å². The van der Waals surface area contributed by atoms with Crippen molar-refractivity contribution in [1.29, 1.82) is 0 Å². The number of hydrogen-bond donors (Lipinski definition) is 4. The zero-order valence-electron chi connectivity index (χ0n) is 12.5. The van der Waals surface area contributed by atoms with Gasteiger partial charge in [-0.1, -0.05) is 18.2 Å². The van der Waals surface area contributed by atoms with E-state index in [0.717, 1.165) is 6.26 Å². The molecule has 1 amide bonds. The number of benzene rings is 1. The molecule has 1 aromatic rings. The first-order valence-electron chi connectivity index (χ1n) is 6.95. The molecule has 1 unspecified atom stereocenters. The van der Waals surface area contributed by atoms with Crippen molar-refractivity contribution in [1.82, 2.24) is 5.32 Å². The van der Waals surface area contributed by atoms with Crippen LogP contribution in [0, 0.1) is 0 Å². The van der Waals surface area contributed by atoms with Gasteiger partial charge in [-0.3, -0.25) is 4.79 Å². The lowest BCUT2D eigenvalue weighted by atomic mass is 9.96. The fourth-order valence-electron chi connectivity index (χ4n) is 2.32. The van der Waals surface area contributed by atoms with Crippen LogP contribution in [0.2, 0.25) is 0 Å². The fourth-order valence-corrected chi connectivity index (χ4v) is 3.04. The van der Waals surface area contributed by atoms with Crippen molar-refractivity contribution in [3.8, 4) is 0 Å². The maximum absolute atomic E-state index is 12.0. The predicted octanol–water partition coefficient (Wildman–Crippen LogP) is -1.76. The van der Waals surface area contributed by atoms with Gasteiger partial charge in [-0.2, -0.15) is 0 Å². The second kappa shape index (κ2) is 6.54. The van der Waals surface area contributed by atoms with Gasteiger partial charge in [0.05, 0.1) is 13.2 Å². The summed E-state index contributed by atoms with van der Waals surface area (Å²) in [7, 11) is -3.65. The van der Waals surface area contributed by atoms with E-state index in [1.807, 2.05) is 0 Å². The maximum Gasteiger partial charge on any atom is 0.251 e. The number of carbonyl (C=O) groups is 1. The summed E-state index contributed by atoms with van der Waals surface area (Å²) in [5, 5.41) is 21.6. The molecule has 0 radical (unpaired) electrons. The molecule has 9 heteroatoms. The molecule has 128 valence electrons. The number of carbonyl (C=O) groups excluding carboxylic acids is 1. The number of aliphatic hydroxyl groups is 2. The minimum absolute atomic E-state index is 0.297. The first kappa shape index (κ1) is 17.8. The maximum atomic E-state index is 12.0. The van der Waals surface area contributed by atoms with Crippen LogP contribution in [0.5, 0.6) is 0 Å². The second-order valence-electron chi connectivity index (χ2n) is 5.67. The molecule has 0 saturated carbocycles. The highest BCUT2D eigenvalue weighted by molar-refractivity contribution is 7.91. The first-order chi connectivity index (χ1) is 10.6. The van der Waals surface area contributed by atoms with Crippen molar-refractivity contribution in [2.24, 2.45) is 5.73 Å². The molecular weight excluding hydrogens is 324 g/mol. The smallest absolute Gasteiger partial charge is 0.251 e. The van der Waals surface area contributed by atoms with E-state index >= 15 is 0 Å². The Balaban J connectivity index is 2.02. The molecule has 4 atom stereocenters. The van der Waals surface area contributed by atoms with Crippen molar-refractivity contribution in [2.75, 3.05) is 19.4 Å². The average Bonchev–Trinajstić information content (AvgIpc) is 2.80. The Morgan fingerprint density at radius 3 is 2.65 bits per heavy atom. The summed E-state index contributed by atoms with van der Waals surface area (Å²) in [6.07, 6.45) is -1.88. The zero-order chi connectivity index (χ0) is 17.3. The summed E-state index contributed by atoms with van der Waals surface area (Å²) in [5.74, 6) is -0.429. The molecule has 1 aromatic carbocycles. The van der Waals surface area contributed by atoms with E-state index in [9.17, 15) is 23.4 Å². The Bertz CT molecular complexity index is 665. The number of hydrogen-bond acceptors (Lipinski definition) is 7. The minimum atomic E-state index is -3.65. The van der Waals surface area contributed by atoms with Crippen molar-refractivity contribution >= 4 is 15.7 Å². The molecule has 1 heterocycles. The third kappa shape index (κ3) is 3.88. The van der Waals surface area contributed by atoms with Crippen molar-refractivity contribution in [3.05, 3.63) is 35.9 Å². The van der Waals surface area contributed by atoms with Gasteiger partial charge < -0.3 is 26.0 Å². The highest BCUT2D eigenvalue weighted by atomic mass is 32.2.